The molecule has 3 saturated heterocycles. The predicted molar refractivity (Wildman–Crippen MR) is 92.1 cm³/mol. The Morgan fingerprint density at radius 2 is 2.12 bits per heavy atom. The number of fused-ring (bicyclic) bond motifs is 4. The van der Waals surface area contributed by atoms with E-state index in [2.05, 4.69) is 9.88 Å². The Hall–Kier alpha value is -1.62. The molecule has 2 bridgehead atoms. The summed E-state index contributed by atoms with van der Waals surface area (Å²) < 4.78 is 5.28. The van der Waals surface area contributed by atoms with Gasteiger partial charge < -0.3 is 9.64 Å². The lowest BCUT2D eigenvalue weighted by Gasteiger charge is -2.40. The lowest BCUT2D eigenvalue weighted by molar-refractivity contribution is 0.0713. The molecule has 5 nitrogen and oxygen atoms in total. The van der Waals surface area contributed by atoms with Crippen LogP contribution in [0.25, 0.3) is 0 Å². The third-order valence-electron chi connectivity index (χ3n) is 6.03. The molecule has 1 aliphatic carbocycles. The highest BCUT2D eigenvalue weighted by molar-refractivity contribution is 5.96. The van der Waals surface area contributed by atoms with Gasteiger partial charge in [0.25, 0.3) is 5.91 Å². The molecule has 1 saturated carbocycles. The molecule has 1 amide bonds. The third kappa shape index (κ3) is 3.02. The lowest BCUT2D eigenvalue weighted by Crippen LogP contribution is -2.47. The Bertz CT molecular complexity index is 602. The number of carbonyl (C=O) groups is 1. The van der Waals surface area contributed by atoms with Crippen LogP contribution in [0.15, 0.2) is 18.3 Å². The maximum atomic E-state index is 13.0. The number of hydrogen-bond acceptors (Lipinski definition) is 4. The number of carbonyl (C=O) groups excluding carboxylic acids is 1. The number of amides is 1. The van der Waals surface area contributed by atoms with Gasteiger partial charge in [-0.2, -0.15) is 0 Å². The Balaban J connectivity index is 1.49. The monoisotopic (exact) mass is 329 g/mol. The SMILES string of the molecule is COc1ncccc1C(=O)N1C[C@@H]2CC[C@H](C1)N(CC1CCC1)C2. The van der Waals surface area contributed by atoms with Crippen molar-refractivity contribution in [3.05, 3.63) is 23.9 Å². The van der Waals surface area contributed by atoms with Crippen LogP contribution in [0.5, 0.6) is 5.88 Å². The molecule has 5 heteroatoms. The van der Waals surface area contributed by atoms with Gasteiger partial charge in [-0.15, -0.1) is 0 Å². The first kappa shape index (κ1) is 15.9. The normalized spacial score (nSPS) is 27.6. The fraction of sp³-hybridized carbons (Fsp3) is 0.684. The zero-order valence-electron chi connectivity index (χ0n) is 14.5. The van der Waals surface area contributed by atoms with E-state index in [1.165, 1.54) is 38.6 Å². The average molecular weight is 329 g/mol. The first-order valence-electron chi connectivity index (χ1n) is 9.27. The molecule has 4 aliphatic rings. The standard InChI is InChI=1S/C19H27N3O2/c1-24-18-17(6-3-9-20-18)19(23)22-12-15-7-8-16(13-22)21(11-15)10-14-4-2-5-14/h3,6,9,14-16H,2,4-5,7-8,10-13H2,1H3/t15-,16-/m1/s1. The fourth-order valence-electron chi connectivity index (χ4n) is 4.46. The van der Waals surface area contributed by atoms with Crippen molar-refractivity contribution in [2.75, 3.05) is 33.3 Å². The Morgan fingerprint density at radius 1 is 1.25 bits per heavy atom. The van der Waals surface area contributed by atoms with E-state index in [4.69, 9.17) is 4.74 Å². The van der Waals surface area contributed by atoms with Crippen LogP contribution in [0.1, 0.15) is 42.5 Å². The molecule has 130 valence electrons. The van der Waals surface area contributed by atoms with Gasteiger partial charge in [-0.1, -0.05) is 6.42 Å². The van der Waals surface area contributed by atoms with Crippen LogP contribution < -0.4 is 4.74 Å². The maximum absolute atomic E-state index is 13.0. The van der Waals surface area contributed by atoms with E-state index in [0.717, 1.165) is 25.6 Å². The number of pyridine rings is 1. The van der Waals surface area contributed by atoms with Gasteiger partial charge >= 0.3 is 0 Å². The molecule has 4 fully saturated rings. The van der Waals surface area contributed by atoms with E-state index in [1.54, 1.807) is 13.3 Å². The minimum atomic E-state index is 0.0716. The van der Waals surface area contributed by atoms with Gasteiger partial charge in [-0.3, -0.25) is 9.69 Å². The first-order valence-corrected chi connectivity index (χ1v) is 9.27. The number of methoxy groups -OCH3 is 1. The molecule has 3 aliphatic heterocycles. The average Bonchev–Trinajstić information content (AvgIpc) is 2.89. The number of hydrogen-bond donors (Lipinski definition) is 0. The molecule has 0 N–H and O–H groups in total. The lowest BCUT2D eigenvalue weighted by atomic mass is 9.83. The molecular weight excluding hydrogens is 302 g/mol. The van der Waals surface area contributed by atoms with Crippen molar-refractivity contribution >= 4 is 5.91 Å². The van der Waals surface area contributed by atoms with Gasteiger partial charge in [-0.25, -0.2) is 4.98 Å². The number of ether oxygens (including phenoxy) is 1. The largest absolute Gasteiger partial charge is 0.480 e. The van der Waals surface area contributed by atoms with E-state index in [0.29, 0.717) is 23.4 Å². The summed E-state index contributed by atoms with van der Waals surface area (Å²) in [6.07, 6.45) is 8.33. The van der Waals surface area contributed by atoms with Crippen LogP contribution in [0, 0.1) is 11.8 Å². The Morgan fingerprint density at radius 3 is 2.88 bits per heavy atom. The second-order valence-corrected chi connectivity index (χ2v) is 7.62. The molecule has 1 aromatic rings. The molecule has 24 heavy (non-hydrogen) atoms. The van der Waals surface area contributed by atoms with Gasteiger partial charge in [-0.05, 0) is 49.7 Å². The van der Waals surface area contributed by atoms with Gasteiger partial charge in [0.2, 0.25) is 5.88 Å². The zero-order chi connectivity index (χ0) is 16.5. The quantitative estimate of drug-likeness (QED) is 0.851. The Kier molecular flexibility index (Phi) is 4.44. The smallest absolute Gasteiger partial charge is 0.259 e. The van der Waals surface area contributed by atoms with E-state index < -0.39 is 0 Å². The summed E-state index contributed by atoms with van der Waals surface area (Å²) in [5.74, 6) is 2.01. The summed E-state index contributed by atoms with van der Waals surface area (Å²) >= 11 is 0. The van der Waals surface area contributed by atoms with Crippen LogP contribution in [0.3, 0.4) is 0 Å². The number of piperidine rings is 1. The summed E-state index contributed by atoms with van der Waals surface area (Å²) in [5, 5.41) is 0. The minimum Gasteiger partial charge on any atom is -0.480 e. The molecule has 0 radical (unpaired) electrons. The van der Waals surface area contributed by atoms with Crippen molar-refractivity contribution < 1.29 is 9.53 Å². The van der Waals surface area contributed by atoms with E-state index in [1.807, 2.05) is 17.0 Å². The molecule has 4 heterocycles. The second-order valence-electron chi connectivity index (χ2n) is 7.62. The third-order valence-corrected chi connectivity index (χ3v) is 6.03. The van der Waals surface area contributed by atoms with Gasteiger partial charge in [0.15, 0.2) is 0 Å². The van der Waals surface area contributed by atoms with Crippen molar-refractivity contribution in [1.29, 1.82) is 0 Å². The highest BCUT2D eigenvalue weighted by Gasteiger charge is 2.38. The molecular formula is C19H27N3O2. The van der Waals surface area contributed by atoms with Crippen molar-refractivity contribution in [2.45, 2.75) is 38.1 Å². The summed E-state index contributed by atoms with van der Waals surface area (Å²) in [5.41, 5.74) is 0.590. The molecule has 0 unspecified atom stereocenters. The first-order chi connectivity index (χ1) is 11.7. The van der Waals surface area contributed by atoms with Crippen molar-refractivity contribution in [1.82, 2.24) is 14.8 Å². The molecule has 1 aromatic heterocycles. The second kappa shape index (κ2) is 6.71. The van der Waals surface area contributed by atoms with E-state index in [-0.39, 0.29) is 5.91 Å². The van der Waals surface area contributed by atoms with Crippen LogP contribution in [0.4, 0.5) is 0 Å². The van der Waals surface area contributed by atoms with Gasteiger partial charge in [0, 0.05) is 38.4 Å². The summed E-state index contributed by atoms with van der Waals surface area (Å²) in [6, 6.07) is 4.16. The highest BCUT2D eigenvalue weighted by Crippen LogP contribution is 2.33. The molecule has 0 spiro atoms. The van der Waals surface area contributed by atoms with Gasteiger partial charge in [0.1, 0.15) is 5.56 Å². The van der Waals surface area contributed by atoms with E-state index in [9.17, 15) is 4.79 Å². The van der Waals surface area contributed by atoms with E-state index >= 15 is 0 Å². The topological polar surface area (TPSA) is 45.7 Å². The molecule has 2 atom stereocenters. The van der Waals surface area contributed by atoms with Crippen molar-refractivity contribution in [3.63, 3.8) is 0 Å². The molecule has 0 aromatic carbocycles. The van der Waals surface area contributed by atoms with Crippen LogP contribution in [0.2, 0.25) is 0 Å². The number of aromatic nitrogens is 1. The number of nitrogens with zero attached hydrogens (tertiary/aromatic N) is 3. The van der Waals surface area contributed by atoms with Crippen molar-refractivity contribution in [3.8, 4) is 5.88 Å². The van der Waals surface area contributed by atoms with Crippen LogP contribution in [-0.4, -0.2) is 60.0 Å². The summed E-state index contributed by atoms with van der Waals surface area (Å²) in [7, 11) is 1.57. The van der Waals surface area contributed by atoms with Crippen molar-refractivity contribution in [2.24, 2.45) is 11.8 Å². The Labute approximate surface area is 144 Å². The van der Waals surface area contributed by atoms with Gasteiger partial charge in [0.05, 0.1) is 7.11 Å². The summed E-state index contributed by atoms with van der Waals surface area (Å²) in [6.45, 7) is 4.11. The predicted octanol–water partition coefficient (Wildman–Crippen LogP) is 2.43. The van der Waals surface area contributed by atoms with Crippen LogP contribution >= 0.6 is 0 Å². The molecule has 5 rings (SSSR count). The minimum absolute atomic E-state index is 0.0716. The zero-order valence-corrected chi connectivity index (χ0v) is 14.5. The number of rotatable bonds is 4. The highest BCUT2D eigenvalue weighted by atomic mass is 16.5. The summed E-state index contributed by atoms with van der Waals surface area (Å²) in [4.78, 5) is 21.9. The maximum Gasteiger partial charge on any atom is 0.259 e. The van der Waals surface area contributed by atoms with Crippen LogP contribution in [-0.2, 0) is 0 Å². The fourth-order valence-corrected chi connectivity index (χ4v) is 4.46.